The third-order valence-electron chi connectivity index (χ3n) is 2.17. The van der Waals surface area contributed by atoms with Crippen molar-refractivity contribution in [3.05, 3.63) is 58.6 Å². The van der Waals surface area contributed by atoms with Gasteiger partial charge in [-0.25, -0.2) is 0 Å². The number of benzene rings is 2. The lowest BCUT2D eigenvalue weighted by Gasteiger charge is -1.92. The van der Waals surface area contributed by atoms with E-state index < -0.39 is 0 Å². The molecule has 0 saturated carbocycles. The van der Waals surface area contributed by atoms with E-state index in [4.69, 9.17) is 23.2 Å². The Bertz CT molecular complexity index is 504. The maximum Gasteiger partial charge on any atom is 0.0631 e. The second kappa shape index (κ2) is 6.34. The highest BCUT2D eigenvalue weighted by atomic mass is 35.5. The van der Waals surface area contributed by atoms with E-state index in [2.05, 4.69) is 9.98 Å². The van der Waals surface area contributed by atoms with Gasteiger partial charge < -0.3 is 0 Å². The Morgan fingerprint density at radius 1 is 0.611 bits per heavy atom. The molecule has 0 atom stereocenters. The number of halogens is 2. The molecule has 0 aliphatic carbocycles. The van der Waals surface area contributed by atoms with E-state index in [-0.39, 0.29) is 0 Å². The van der Waals surface area contributed by atoms with Crippen molar-refractivity contribution < 1.29 is 0 Å². The van der Waals surface area contributed by atoms with Crippen LogP contribution >= 0.6 is 23.2 Å². The van der Waals surface area contributed by atoms with E-state index in [1.165, 1.54) is 0 Å². The van der Waals surface area contributed by atoms with Crippen molar-refractivity contribution in [1.82, 2.24) is 0 Å². The van der Waals surface area contributed by atoms with Gasteiger partial charge >= 0.3 is 0 Å². The zero-order chi connectivity index (χ0) is 12.8. The van der Waals surface area contributed by atoms with E-state index in [1.807, 2.05) is 24.3 Å². The summed E-state index contributed by atoms with van der Waals surface area (Å²) < 4.78 is 0. The number of nitrogens with zero attached hydrogens (tertiary/aromatic N) is 2. The Kier molecular flexibility index (Phi) is 4.51. The van der Waals surface area contributed by atoms with Crippen LogP contribution in [-0.4, -0.2) is 12.4 Å². The first-order valence-corrected chi connectivity index (χ1v) is 6.07. The van der Waals surface area contributed by atoms with E-state index in [0.717, 1.165) is 11.4 Å². The maximum absolute atomic E-state index is 5.78. The van der Waals surface area contributed by atoms with E-state index in [1.54, 1.807) is 36.7 Å². The Labute approximate surface area is 116 Å². The summed E-state index contributed by atoms with van der Waals surface area (Å²) in [5, 5.41) is 1.40. The third kappa shape index (κ3) is 3.99. The molecule has 0 bridgehead atoms. The van der Waals surface area contributed by atoms with Crippen LogP contribution in [-0.2, 0) is 0 Å². The van der Waals surface area contributed by atoms with Crippen LogP contribution in [0.2, 0.25) is 10.0 Å². The molecule has 2 aromatic rings. The van der Waals surface area contributed by atoms with Crippen LogP contribution in [0.1, 0.15) is 0 Å². The smallest absolute Gasteiger partial charge is 0.0631 e. The predicted molar refractivity (Wildman–Crippen MR) is 79.2 cm³/mol. The summed E-state index contributed by atoms with van der Waals surface area (Å²) in [6.45, 7) is 0. The van der Waals surface area contributed by atoms with Crippen LogP contribution < -0.4 is 0 Å². The molecule has 0 N–H and O–H groups in total. The van der Waals surface area contributed by atoms with Crippen molar-refractivity contribution in [1.29, 1.82) is 0 Å². The third-order valence-corrected chi connectivity index (χ3v) is 2.67. The van der Waals surface area contributed by atoms with Crippen molar-refractivity contribution >= 4 is 47.0 Å². The molecule has 4 heteroatoms. The van der Waals surface area contributed by atoms with Gasteiger partial charge in [-0.1, -0.05) is 23.2 Å². The van der Waals surface area contributed by atoms with E-state index >= 15 is 0 Å². The van der Waals surface area contributed by atoms with Crippen LogP contribution in [0, 0.1) is 0 Å². The van der Waals surface area contributed by atoms with Crippen LogP contribution in [0.25, 0.3) is 0 Å². The Hall–Kier alpha value is -1.64. The molecule has 0 aromatic heterocycles. The van der Waals surface area contributed by atoms with Crippen molar-refractivity contribution in [2.45, 2.75) is 0 Å². The van der Waals surface area contributed by atoms with Gasteiger partial charge in [-0.05, 0) is 48.5 Å². The first kappa shape index (κ1) is 12.8. The standard InChI is InChI=1S/C14H10Cl2N2/c15-11-1-5-13(6-2-11)17-9-10-18-14-7-3-12(16)4-8-14/h1-10H. The summed E-state index contributed by atoms with van der Waals surface area (Å²) in [5.74, 6) is 0. The van der Waals surface area contributed by atoms with Gasteiger partial charge in [0.15, 0.2) is 0 Å². The first-order chi connectivity index (χ1) is 8.74. The van der Waals surface area contributed by atoms with Crippen molar-refractivity contribution in [3.8, 4) is 0 Å². The molecule has 0 fully saturated rings. The lowest BCUT2D eigenvalue weighted by Crippen LogP contribution is -1.74. The van der Waals surface area contributed by atoms with Gasteiger partial charge in [0, 0.05) is 22.5 Å². The fourth-order valence-electron chi connectivity index (χ4n) is 1.29. The summed E-state index contributed by atoms with van der Waals surface area (Å²) in [5.41, 5.74) is 1.67. The molecule has 0 heterocycles. The van der Waals surface area contributed by atoms with Gasteiger partial charge in [-0.2, -0.15) is 0 Å². The van der Waals surface area contributed by atoms with E-state index in [0.29, 0.717) is 10.0 Å². The van der Waals surface area contributed by atoms with Gasteiger partial charge in [0.1, 0.15) is 0 Å². The maximum atomic E-state index is 5.78. The Morgan fingerprint density at radius 2 is 0.944 bits per heavy atom. The predicted octanol–water partition coefficient (Wildman–Crippen LogP) is 5.10. The highest BCUT2D eigenvalue weighted by Crippen LogP contribution is 2.16. The van der Waals surface area contributed by atoms with Crippen molar-refractivity contribution in [3.63, 3.8) is 0 Å². The van der Waals surface area contributed by atoms with Crippen LogP contribution in [0.5, 0.6) is 0 Å². The molecule has 18 heavy (non-hydrogen) atoms. The molecule has 2 aromatic carbocycles. The summed E-state index contributed by atoms with van der Waals surface area (Å²) in [4.78, 5) is 8.44. The van der Waals surface area contributed by atoms with Gasteiger partial charge in [0.2, 0.25) is 0 Å². The minimum absolute atomic E-state index is 0.698. The lowest BCUT2D eigenvalue weighted by atomic mass is 10.3. The molecule has 0 radical (unpaired) electrons. The molecule has 0 unspecified atom stereocenters. The van der Waals surface area contributed by atoms with Crippen molar-refractivity contribution in [2.75, 3.05) is 0 Å². The normalized spacial score (nSPS) is 11.4. The Morgan fingerprint density at radius 3 is 1.28 bits per heavy atom. The number of hydrogen-bond acceptors (Lipinski definition) is 2. The van der Waals surface area contributed by atoms with Gasteiger partial charge in [0.25, 0.3) is 0 Å². The molecule has 2 nitrogen and oxygen atoms in total. The average molecular weight is 277 g/mol. The highest BCUT2D eigenvalue weighted by Gasteiger charge is 1.88. The van der Waals surface area contributed by atoms with Crippen LogP contribution in [0.15, 0.2) is 58.5 Å². The number of rotatable bonds is 3. The van der Waals surface area contributed by atoms with Gasteiger partial charge in [-0.3, -0.25) is 9.98 Å². The minimum atomic E-state index is 0.698. The molecule has 0 spiro atoms. The summed E-state index contributed by atoms with van der Waals surface area (Å²) in [6, 6.07) is 14.6. The highest BCUT2D eigenvalue weighted by molar-refractivity contribution is 6.31. The van der Waals surface area contributed by atoms with Crippen molar-refractivity contribution in [2.24, 2.45) is 9.98 Å². The molecule has 2 rings (SSSR count). The zero-order valence-corrected chi connectivity index (χ0v) is 10.9. The van der Waals surface area contributed by atoms with Gasteiger partial charge in [0.05, 0.1) is 11.4 Å². The molecule has 0 saturated heterocycles. The fraction of sp³-hybridized carbons (Fsp3) is 0. The topological polar surface area (TPSA) is 24.7 Å². The second-order valence-electron chi connectivity index (χ2n) is 3.51. The van der Waals surface area contributed by atoms with Crippen LogP contribution in [0.3, 0.4) is 0 Å². The summed E-state index contributed by atoms with van der Waals surface area (Å²) in [6.07, 6.45) is 3.27. The van der Waals surface area contributed by atoms with Gasteiger partial charge in [-0.15, -0.1) is 0 Å². The molecule has 0 aliphatic heterocycles. The molecular formula is C14H10Cl2N2. The Balaban J connectivity index is 1.98. The molecule has 0 amide bonds. The monoisotopic (exact) mass is 276 g/mol. The first-order valence-electron chi connectivity index (χ1n) is 5.32. The molecule has 0 aliphatic rings. The number of aliphatic imine (C=N–C) groups is 2. The largest absolute Gasteiger partial charge is 0.255 e. The van der Waals surface area contributed by atoms with Crippen LogP contribution in [0.4, 0.5) is 11.4 Å². The van der Waals surface area contributed by atoms with E-state index in [9.17, 15) is 0 Å². The molecule has 90 valence electrons. The SMILES string of the molecule is Clc1ccc(N=CC=Nc2ccc(Cl)cc2)cc1. The zero-order valence-electron chi connectivity index (χ0n) is 9.42. The summed E-state index contributed by atoms with van der Waals surface area (Å²) >= 11 is 11.6. The summed E-state index contributed by atoms with van der Waals surface area (Å²) in [7, 11) is 0. The fourth-order valence-corrected chi connectivity index (χ4v) is 1.55. The quantitative estimate of drug-likeness (QED) is 0.697. The minimum Gasteiger partial charge on any atom is -0.255 e. The second-order valence-corrected chi connectivity index (χ2v) is 4.38. The molecular weight excluding hydrogens is 267 g/mol. The lowest BCUT2D eigenvalue weighted by molar-refractivity contribution is 1.53. The number of hydrogen-bond donors (Lipinski definition) is 0. The average Bonchev–Trinajstić information content (AvgIpc) is 2.39.